The molecule has 2 fully saturated rings. The van der Waals surface area contributed by atoms with Gasteiger partial charge in [0, 0.05) is 30.6 Å². The normalized spacial score (nSPS) is 20.2. The number of allylic oxidation sites excluding steroid dienone is 1. The molecule has 2 aliphatic heterocycles. The van der Waals surface area contributed by atoms with Gasteiger partial charge in [-0.05, 0) is 108 Å². The molecule has 302 valence electrons. The van der Waals surface area contributed by atoms with Gasteiger partial charge in [-0.3, -0.25) is 14.4 Å². The minimum absolute atomic E-state index is 0.0135. The molecule has 2 saturated heterocycles. The van der Waals surface area contributed by atoms with Crippen molar-refractivity contribution in [2.45, 2.75) is 136 Å². The van der Waals surface area contributed by atoms with E-state index in [0.717, 1.165) is 17.5 Å². The largest absolute Gasteiger partial charge is 0.445 e. The zero-order chi connectivity index (χ0) is 40.2. The molecule has 2 aliphatic rings. The van der Waals surface area contributed by atoms with Gasteiger partial charge >= 0.3 is 6.09 Å². The molecule has 55 heavy (non-hydrogen) atoms. The monoisotopic (exact) mass is 758 g/mol. The van der Waals surface area contributed by atoms with Gasteiger partial charge in [0.05, 0.1) is 12.0 Å². The molecule has 10 nitrogen and oxygen atoms in total. The molecule has 10 heteroatoms. The highest BCUT2D eigenvalue weighted by molar-refractivity contribution is 5.94. The van der Waals surface area contributed by atoms with Crippen LogP contribution in [-0.2, 0) is 32.1 Å². The molecule has 0 unspecified atom stereocenters. The van der Waals surface area contributed by atoms with Gasteiger partial charge in [-0.25, -0.2) is 4.79 Å². The summed E-state index contributed by atoms with van der Waals surface area (Å²) in [6.07, 6.45) is 8.68. The molecule has 0 aliphatic carbocycles. The van der Waals surface area contributed by atoms with E-state index in [2.05, 4.69) is 37.5 Å². The number of alkyl carbamates (subject to hydrolysis) is 1. The molecular weight excluding hydrogens is 693 g/mol. The maximum absolute atomic E-state index is 14.3. The molecule has 0 spiro atoms. The number of benzene rings is 2. The smallest absolute Gasteiger partial charge is 0.407 e. The van der Waals surface area contributed by atoms with Crippen molar-refractivity contribution in [3.63, 3.8) is 0 Å². The molecule has 4 rings (SSSR count). The molecule has 0 saturated carbocycles. The number of nitrogens with one attached hydrogen (secondary N) is 2. The highest BCUT2D eigenvalue weighted by Gasteiger charge is 2.46. The topological polar surface area (TPSA) is 128 Å². The second-order valence-electron chi connectivity index (χ2n) is 17.6. The van der Waals surface area contributed by atoms with Crippen LogP contribution in [0.25, 0.3) is 0 Å². The molecule has 0 aromatic heterocycles. The van der Waals surface area contributed by atoms with E-state index in [0.29, 0.717) is 63.3 Å². The number of hydroxylamine groups is 2. The number of ketones is 1. The van der Waals surface area contributed by atoms with Gasteiger partial charge < -0.3 is 25.5 Å². The summed E-state index contributed by atoms with van der Waals surface area (Å²) in [5.74, 6) is -0.0229. The Kier molecular flexibility index (Phi) is 16.1. The van der Waals surface area contributed by atoms with Crippen molar-refractivity contribution in [1.29, 1.82) is 0 Å². The average Bonchev–Trinajstić information content (AvgIpc) is 3.63. The summed E-state index contributed by atoms with van der Waals surface area (Å²) in [4.78, 5) is 56.7. The van der Waals surface area contributed by atoms with Gasteiger partial charge in [0.15, 0.2) is 5.78 Å². The number of hydrogen-bond acceptors (Lipinski definition) is 7. The number of rotatable bonds is 18. The standard InChI is InChI=1S/C45H66N4O6/c1-32(2)26-33(3)22-23-37(27-34-16-10-8-11-17-34)42(52)48-25-15-21-39(48)41(51)47-38(20-14-24-46-43(53)55-31-35-18-12-9-13-19-35)40(50)28-36-29-44(4,5)49(54)45(6,7)30-36/h8-13,16-19,22-23,32-33,36-39,54H,14-15,20-21,24-31H2,1-7H3,(H,46,53)(H,47,51)/b23-22+/t33-,37-,38-,39+/m1/s1. The first-order valence-corrected chi connectivity index (χ1v) is 20.3. The molecule has 0 bridgehead atoms. The van der Waals surface area contributed by atoms with E-state index in [9.17, 15) is 24.4 Å². The van der Waals surface area contributed by atoms with Crippen LogP contribution in [0.1, 0.15) is 111 Å². The Hall–Kier alpha value is -4.02. The number of amides is 3. The van der Waals surface area contributed by atoms with Crippen molar-refractivity contribution in [3.05, 3.63) is 83.9 Å². The van der Waals surface area contributed by atoms with Crippen molar-refractivity contribution in [3.8, 4) is 0 Å². The third kappa shape index (κ3) is 13.3. The Morgan fingerprint density at radius 3 is 2.15 bits per heavy atom. The van der Waals surface area contributed by atoms with Crippen molar-refractivity contribution < 1.29 is 29.1 Å². The first-order chi connectivity index (χ1) is 26.1. The van der Waals surface area contributed by atoms with E-state index in [1.807, 2.05) is 94.4 Å². The number of carbonyl (C=O) groups excluding carboxylic acids is 4. The Morgan fingerprint density at radius 2 is 1.53 bits per heavy atom. The lowest BCUT2D eigenvalue weighted by atomic mass is 9.73. The number of likely N-dealkylation sites (tertiary alicyclic amines) is 1. The molecule has 3 N–H and O–H groups in total. The van der Waals surface area contributed by atoms with Crippen LogP contribution in [0.15, 0.2) is 72.8 Å². The van der Waals surface area contributed by atoms with Gasteiger partial charge in [-0.15, -0.1) is 0 Å². The average molecular weight is 759 g/mol. The third-order valence-corrected chi connectivity index (χ3v) is 11.0. The Morgan fingerprint density at radius 1 is 0.909 bits per heavy atom. The Balaban J connectivity index is 1.46. The van der Waals surface area contributed by atoms with Crippen LogP contribution in [0, 0.1) is 23.7 Å². The third-order valence-electron chi connectivity index (χ3n) is 11.0. The van der Waals surface area contributed by atoms with Crippen LogP contribution >= 0.6 is 0 Å². The summed E-state index contributed by atoms with van der Waals surface area (Å²) < 4.78 is 5.35. The van der Waals surface area contributed by atoms with Gasteiger partial charge in [-0.2, -0.15) is 5.06 Å². The summed E-state index contributed by atoms with van der Waals surface area (Å²) in [7, 11) is 0. The molecule has 0 radical (unpaired) electrons. The summed E-state index contributed by atoms with van der Waals surface area (Å²) in [5, 5.41) is 18.1. The highest BCUT2D eigenvalue weighted by Crippen LogP contribution is 2.41. The van der Waals surface area contributed by atoms with Gasteiger partial charge in [0.2, 0.25) is 11.8 Å². The van der Waals surface area contributed by atoms with Gasteiger partial charge in [0.1, 0.15) is 12.6 Å². The number of piperidine rings is 1. The SMILES string of the molecule is CC(C)C[C@H](C)/C=C/[C@H](Cc1ccccc1)C(=O)N1CCC[C@H]1C(=O)N[C@H](CCCNC(=O)OCc1ccccc1)C(=O)CC1CC(C)(C)N(O)C(C)(C)C1. The van der Waals surface area contributed by atoms with Crippen LogP contribution in [0.5, 0.6) is 0 Å². The first kappa shape index (κ1) is 43.7. The minimum atomic E-state index is -0.789. The van der Waals surface area contributed by atoms with Gasteiger partial charge in [0.25, 0.3) is 0 Å². The predicted octanol–water partition coefficient (Wildman–Crippen LogP) is 7.88. The van der Waals surface area contributed by atoms with Crippen molar-refractivity contribution >= 4 is 23.7 Å². The number of ether oxygens (including phenoxy) is 1. The van der Waals surface area contributed by atoms with E-state index < -0.39 is 35.2 Å². The summed E-state index contributed by atoms with van der Waals surface area (Å²) >= 11 is 0. The summed E-state index contributed by atoms with van der Waals surface area (Å²) in [6.45, 7) is 15.4. The van der Waals surface area contributed by atoms with Crippen LogP contribution in [-0.4, -0.2) is 75.1 Å². The van der Waals surface area contributed by atoms with E-state index in [-0.39, 0.29) is 43.1 Å². The van der Waals surface area contributed by atoms with E-state index in [1.54, 1.807) is 4.90 Å². The molecule has 2 aromatic carbocycles. The molecule has 4 atom stereocenters. The van der Waals surface area contributed by atoms with Crippen LogP contribution in [0.4, 0.5) is 4.79 Å². The Labute approximate surface area is 329 Å². The number of Topliss-reactive ketones (excluding diaryl/α,β-unsaturated/α-hetero) is 1. The quantitative estimate of drug-likeness (QED) is 0.104. The zero-order valence-corrected chi connectivity index (χ0v) is 34.3. The summed E-state index contributed by atoms with van der Waals surface area (Å²) in [6, 6.07) is 17.9. The van der Waals surface area contributed by atoms with Crippen LogP contribution < -0.4 is 10.6 Å². The second-order valence-corrected chi connectivity index (χ2v) is 17.6. The molecule has 2 heterocycles. The summed E-state index contributed by atoms with van der Waals surface area (Å²) in [5.41, 5.74) is 0.908. The first-order valence-electron chi connectivity index (χ1n) is 20.3. The molecule has 2 aromatic rings. The maximum Gasteiger partial charge on any atom is 0.407 e. The van der Waals surface area contributed by atoms with E-state index in [1.165, 1.54) is 5.06 Å². The minimum Gasteiger partial charge on any atom is -0.445 e. The second kappa shape index (κ2) is 20.2. The fraction of sp³-hybridized carbons (Fsp3) is 0.600. The lowest BCUT2D eigenvalue weighted by Crippen LogP contribution is -2.59. The Bertz CT molecular complexity index is 1560. The van der Waals surface area contributed by atoms with Crippen molar-refractivity contribution in [2.75, 3.05) is 13.1 Å². The van der Waals surface area contributed by atoms with Crippen molar-refractivity contribution in [1.82, 2.24) is 20.6 Å². The maximum atomic E-state index is 14.3. The number of carbonyl (C=O) groups is 4. The highest BCUT2D eigenvalue weighted by atomic mass is 16.5. The lowest BCUT2D eigenvalue weighted by molar-refractivity contribution is -0.251. The fourth-order valence-electron chi connectivity index (χ4n) is 8.67. The number of nitrogens with zero attached hydrogens (tertiary/aromatic N) is 2. The number of hydrogen-bond donors (Lipinski definition) is 3. The fourth-order valence-corrected chi connectivity index (χ4v) is 8.67. The zero-order valence-electron chi connectivity index (χ0n) is 34.3. The van der Waals surface area contributed by atoms with Crippen molar-refractivity contribution in [2.24, 2.45) is 23.7 Å². The molecule has 3 amide bonds. The molecular formula is C45H66N4O6. The van der Waals surface area contributed by atoms with E-state index in [4.69, 9.17) is 4.74 Å². The van der Waals surface area contributed by atoms with Gasteiger partial charge in [-0.1, -0.05) is 93.6 Å². The van der Waals surface area contributed by atoms with Crippen LogP contribution in [0.2, 0.25) is 0 Å². The predicted molar refractivity (Wildman–Crippen MR) is 216 cm³/mol. The lowest BCUT2D eigenvalue weighted by Gasteiger charge is -2.51. The van der Waals surface area contributed by atoms with E-state index >= 15 is 0 Å². The van der Waals surface area contributed by atoms with Crippen LogP contribution in [0.3, 0.4) is 0 Å².